The van der Waals surface area contributed by atoms with Crippen molar-refractivity contribution in [3.63, 3.8) is 0 Å². The van der Waals surface area contributed by atoms with Gasteiger partial charge in [-0.3, -0.25) is 9.69 Å². The number of carboxylic acids is 1. The van der Waals surface area contributed by atoms with E-state index in [0.29, 0.717) is 24.8 Å². The Kier molecular flexibility index (Phi) is 3.89. The molecule has 1 aromatic heterocycles. The molecule has 106 valence electrons. The molecule has 1 N–H and O–H groups in total. The standard InChI is InChI=1S/C13H21N3O3/c1-9(2)11-14-10(19-15-11)7-16-6-4-5-13(3,8-16)12(17)18/h9H,4-8H2,1-3H3,(H,17,18). The topological polar surface area (TPSA) is 79.5 Å². The summed E-state index contributed by atoms with van der Waals surface area (Å²) >= 11 is 0. The number of hydrogen-bond acceptors (Lipinski definition) is 5. The molecule has 6 nitrogen and oxygen atoms in total. The van der Waals surface area contributed by atoms with Crippen LogP contribution in [0.5, 0.6) is 0 Å². The van der Waals surface area contributed by atoms with E-state index in [-0.39, 0.29) is 5.92 Å². The van der Waals surface area contributed by atoms with E-state index in [2.05, 4.69) is 15.0 Å². The van der Waals surface area contributed by atoms with Crippen LogP contribution in [0, 0.1) is 5.41 Å². The molecule has 1 fully saturated rings. The van der Waals surface area contributed by atoms with Gasteiger partial charge in [0.25, 0.3) is 0 Å². The van der Waals surface area contributed by atoms with E-state index < -0.39 is 11.4 Å². The Labute approximate surface area is 112 Å². The summed E-state index contributed by atoms with van der Waals surface area (Å²) in [5, 5.41) is 13.2. The van der Waals surface area contributed by atoms with Crippen LogP contribution in [0.2, 0.25) is 0 Å². The third-order valence-electron chi connectivity index (χ3n) is 3.65. The lowest BCUT2D eigenvalue weighted by Crippen LogP contribution is -2.45. The van der Waals surface area contributed by atoms with Crippen molar-refractivity contribution in [3.05, 3.63) is 11.7 Å². The normalized spacial score (nSPS) is 24.8. The van der Waals surface area contributed by atoms with Crippen LogP contribution < -0.4 is 0 Å². The minimum atomic E-state index is -0.731. The van der Waals surface area contributed by atoms with Gasteiger partial charge in [0.15, 0.2) is 5.82 Å². The summed E-state index contributed by atoms with van der Waals surface area (Å²) in [5.74, 6) is 0.778. The quantitative estimate of drug-likeness (QED) is 0.897. The molecular formula is C13H21N3O3. The maximum atomic E-state index is 11.3. The van der Waals surface area contributed by atoms with Gasteiger partial charge in [-0.15, -0.1) is 0 Å². The Hall–Kier alpha value is -1.43. The van der Waals surface area contributed by atoms with Crippen LogP contribution in [-0.4, -0.2) is 39.2 Å². The fraction of sp³-hybridized carbons (Fsp3) is 0.769. The van der Waals surface area contributed by atoms with E-state index in [9.17, 15) is 9.90 Å². The highest BCUT2D eigenvalue weighted by atomic mass is 16.5. The first-order chi connectivity index (χ1) is 8.90. The van der Waals surface area contributed by atoms with Gasteiger partial charge in [0, 0.05) is 12.5 Å². The van der Waals surface area contributed by atoms with Crippen LogP contribution in [0.15, 0.2) is 4.52 Å². The second kappa shape index (κ2) is 5.28. The largest absolute Gasteiger partial charge is 0.481 e. The summed E-state index contributed by atoms with van der Waals surface area (Å²) < 4.78 is 5.21. The summed E-state index contributed by atoms with van der Waals surface area (Å²) in [5.41, 5.74) is -0.668. The number of rotatable bonds is 4. The first-order valence-corrected chi connectivity index (χ1v) is 6.69. The molecule has 1 aromatic rings. The predicted molar refractivity (Wildman–Crippen MR) is 68.6 cm³/mol. The summed E-state index contributed by atoms with van der Waals surface area (Å²) in [7, 11) is 0. The van der Waals surface area contributed by atoms with Gasteiger partial charge in [0.05, 0.1) is 12.0 Å². The lowest BCUT2D eigenvalue weighted by atomic mass is 9.82. The number of hydrogen-bond donors (Lipinski definition) is 1. The molecule has 1 saturated heterocycles. The number of piperidine rings is 1. The van der Waals surface area contributed by atoms with Gasteiger partial charge in [-0.05, 0) is 26.3 Å². The third-order valence-corrected chi connectivity index (χ3v) is 3.65. The van der Waals surface area contributed by atoms with Crippen molar-refractivity contribution in [1.82, 2.24) is 15.0 Å². The lowest BCUT2D eigenvalue weighted by Gasteiger charge is -2.36. The highest BCUT2D eigenvalue weighted by molar-refractivity contribution is 5.74. The molecular weight excluding hydrogens is 246 g/mol. The minimum Gasteiger partial charge on any atom is -0.481 e. The van der Waals surface area contributed by atoms with Crippen LogP contribution in [-0.2, 0) is 11.3 Å². The Morgan fingerprint density at radius 1 is 1.58 bits per heavy atom. The van der Waals surface area contributed by atoms with Crippen LogP contribution in [0.1, 0.15) is 51.2 Å². The van der Waals surface area contributed by atoms with E-state index in [4.69, 9.17) is 4.52 Å². The highest BCUT2D eigenvalue weighted by Gasteiger charge is 2.38. The predicted octanol–water partition coefficient (Wildman–Crippen LogP) is 1.88. The van der Waals surface area contributed by atoms with E-state index >= 15 is 0 Å². The van der Waals surface area contributed by atoms with Gasteiger partial charge in [0.2, 0.25) is 5.89 Å². The highest BCUT2D eigenvalue weighted by Crippen LogP contribution is 2.30. The number of nitrogens with zero attached hydrogens (tertiary/aromatic N) is 3. The van der Waals surface area contributed by atoms with Crippen molar-refractivity contribution in [2.75, 3.05) is 13.1 Å². The van der Waals surface area contributed by atoms with Gasteiger partial charge >= 0.3 is 5.97 Å². The third kappa shape index (κ3) is 3.12. The van der Waals surface area contributed by atoms with Crippen LogP contribution in [0.3, 0.4) is 0 Å². The second-order valence-corrected chi connectivity index (χ2v) is 5.88. The van der Waals surface area contributed by atoms with Crippen molar-refractivity contribution < 1.29 is 14.4 Å². The number of aromatic nitrogens is 2. The van der Waals surface area contributed by atoms with Gasteiger partial charge in [-0.1, -0.05) is 19.0 Å². The van der Waals surface area contributed by atoms with Crippen molar-refractivity contribution in [1.29, 1.82) is 0 Å². The zero-order valence-corrected chi connectivity index (χ0v) is 11.7. The molecule has 1 unspecified atom stereocenters. The maximum Gasteiger partial charge on any atom is 0.310 e. The lowest BCUT2D eigenvalue weighted by molar-refractivity contribution is -0.151. The monoisotopic (exact) mass is 267 g/mol. The zero-order chi connectivity index (χ0) is 14.0. The van der Waals surface area contributed by atoms with Gasteiger partial charge < -0.3 is 9.63 Å². The Morgan fingerprint density at radius 2 is 2.32 bits per heavy atom. The Morgan fingerprint density at radius 3 is 2.89 bits per heavy atom. The van der Waals surface area contributed by atoms with Gasteiger partial charge in [-0.25, -0.2) is 0 Å². The molecule has 0 spiro atoms. The number of carboxylic acid groups (broad SMARTS) is 1. The second-order valence-electron chi connectivity index (χ2n) is 5.88. The molecule has 0 radical (unpaired) electrons. The molecule has 1 aliphatic heterocycles. The fourth-order valence-electron chi connectivity index (χ4n) is 2.41. The van der Waals surface area contributed by atoms with E-state index in [1.807, 2.05) is 13.8 Å². The zero-order valence-electron chi connectivity index (χ0n) is 11.7. The number of carbonyl (C=O) groups is 1. The van der Waals surface area contributed by atoms with E-state index in [0.717, 1.165) is 19.4 Å². The minimum absolute atomic E-state index is 0.239. The van der Waals surface area contributed by atoms with Crippen molar-refractivity contribution in [2.24, 2.45) is 5.41 Å². The molecule has 6 heteroatoms. The Balaban J connectivity index is 2.00. The molecule has 0 saturated carbocycles. The summed E-state index contributed by atoms with van der Waals surface area (Å²) in [6, 6.07) is 0. The molecule has 19 heavy (non-hydrogen) atoms. The van der Waals surface area contributed by atoms with E-state index in [1.54, 1.807) is 6.92 Å². The SMILES string of the molecule is CC(C)c1noc(CN2CCCC(C)(C(=O)O)C2)n1. The van der Waals surface area contributed by atoms with Crippen molar-refractivity contribution in [3.8, 4) is 0 Å². The van der Waals surface area contributed by atoms with Crippen LogP contribution >= 0.6 is 0 Å². The van der Waals surface area contributed by atoms with Crippen LogP contribution in [0.25, 0.3) is 0 Å². The average molecular weight is 267 g/mol. The molecule has 0 aromatic carbocycles. The first-order valence-electron chi connectivity index (χ1n) is 6.69. The molecule has 1 atom stereocenters. The summed E-state index contributed by atoms with van der Waals surface area (Å²) in [4.78, 5) is 17.7. The fourth-order valence-corrected chi connectivity index (χ4v) is 2.41. The molecule has 0 amide bonds. The molecule has 1 aliphatic rings. The summed E-state index contributed by atoms with van der Waals surface area (Å²) in [6.07, 6.45) is 1.61. The van der Waals surface area contributed by atoms with E-state index in [1.165, 1.54) is 0 Å². The van der Waals surface area contributed by atoms with Crippen LogP contribution in [0.4, 0.5) is 0 Å². The Bertz CT molecular complexity index is 458. The van der Waals surface area contributed by atoms with Gasteiger partial charge in [0.1, 0.15) is 0 Å². The molecule has 0 aliphatic carbocycles. The molecule has 2 rings (SSSR count). The molecule has 0 bridgehead atoms. The van der Waals surface area contributed by atoms with Gasteiger partial charge in [-0.2, -0.15) is 4.98 Å². The van der Waals surface area contributed by atoms with Crippen molar-refractivity contribution in [2.45, 2.75) is 46.1 Å². The average Bonchev–Trinajstić information content (AvgIpc) is 2.77. The first kappa shape index (κ1) is 14.0. The number of aliphatic carboxylic acids is 1. The maximum absolute atomic E-state index is 11.3. The van der Waals surface area contributed by atoms with Crippen molar-refractivity contribution >= 4 is 5.97 Å². The smallest absolute Gasteiger partial charge is 0.310 e. The molecule has 2 heterocycles. The number of likely N-dealkylation sites (tertiary alicyclic amines) is 1. The summed E-state index contributed by atoms with van der Waals surface area (Å²) in [6.45, 7) is 7.76.